The molecule has 4 aromatic heterocycles. The molecule has 0 fully saturated rings. The Balaban J connectivity index is 1.28. The first kappa shape index (κ1) is 22.2. The summed E-state index contributed by atoms with van der Waals surface area (Å²) < 4.78 is 4.69. The number of nitrogens with zero attached hydrogens (tertiary/aromatic N) is 6. The normalized spacial score (nSPS) is 12.9. The fourth-order valence-corrected chi connectivity index (χ4v) is 6.30. The first-order valence-electron chi connectivity index (χ1n) is 13.7. The average molecular weight is 527 g/mol. The van der Waals surface area contributed by atoms with Gasteiger partial charge in [-0.2, -0.15) is 0 Å². The number of para-hydroxylation sites is 3. The molecular formula is C35H22N6. The number of hydrogen-bond acceptors (Lipinski definition) is 4. The van der Waals surface area contributed by atoms with Crippen LogP contribution < -0.4 is 0 Å². The largest absolute Gasteiger partial charge is 0.309 e. The molecule has 1 aliphatic rings. The second-order valence-electron chi connectivity index (χ2n) is 10.4. The molecule has 0 bridgehead atoms. The highest BCUT2D eigenvalue weighted by Gasteiger charge is 2.21. The van der Waals surface area contributed by atoms with E-state index in [1.54, 1.807) is 12.4 Å². The van der Waals surface area contributed by atoms with Crippen LogP contribution >= 0.6 is 0 Å². The third-order valence-electron chi connectivity index (χ3n) is 8.11. The molecule has 1 aliphatic heterocycles. The van der Waals surface area contributed by atoms with Gasteiger partial charge in [0.1, 0.15) is 0 Å². The van der Waals surface area contributed by atoms with Crippen molar-refractivity contribution >= 4 is 55.1 Å². The molecule has 0 spiro atoms. The van der Waals surface area contributed by atoms with Gasteiger partial charge in [-0.3, -0.25) is 9.97 Å². The minimum Gasteiger partial charge on any atom is -0.309 e. The number of fused-ring (bicyclic) bond motifs is 7. The molecule has 0 N–H and O–H groups in total. The Morgan fingerprint density at radius 3 is 1.80 bits per heavy atom. The first-order valence-corrected chi connectivity index (χ1v) is 13.7. The topological polar surface area (TPSA) is 60.9 Å². The summed E-state index contributed by atoms with van der Waals surface area (Å²) in [6.45, 7) is 0. The zero-order chi connectivity index (χ0) is 26.9. The van der Waals surface area contributed by atoms with E-state index in [1.807, 2.05) is 6.20 Å². The van der Waals surface area contributed by atoms with Crippen molar-refractivity contribution in [2.24, 2.45) is 4.99 Å². The summed E-state index contributed by atoms with van der Waals surface area (Å²) in [7, 11) is 0. The fraction of sp³-hybridized carbons (Fsp3) is 0.0286. The SMILES string of the molecule is c1ccc(-n2c3ccccc3c3cc4c(cc32)c2ccccc2n4-c2ccc(C3=Nc4nccnc4C3)nc2)cc1. The van der Waals surface area contributed by atoms with E-state index in [2.05, 4.69) is 127 Å². The lowest BCUT2D eigenvalue weighted by Crippen LogP contribution is -2.05. The standard InChI is InChI=1S/C35H22N6/c1-2-8-22(9-3-1)40-31-12-6-4-10-24(31)26-19-34-27(18-33(26)40)25-11-5-7-13-32(25)41(34)23-14-15-28(38-21-23)29-20-30-35(39-29)37-17-16-36-30/h1-19,21H,20H2. The van der Waals surface area contributed by atoms with Crippen molar-refractivity contribution in [3.63, 3.8) is 0 Å². The van der Waals surface area contributed by atoms with Gasteiger partial charge in [0, 0.05) is 46.0 Å². The summed E-state index contributed by atoms with van der Waals surface area (Å²) >= 11 is 0. The molecule has 41 heavy (non-hydrogen) atoms. The summed E-state index contributed by atoms with van der Waals surface area (Å²) in [4.78, 5) is 18.3. The molecule has 0 unspecified atom stereocenters. The molecule has 5 heterocycles. The molecule has 8 aromatic rings. The summed E-state index contributed by atoms with van der Waals surface area (Å²) in [5.74, 6) is 0.689. The predicted octanol–water partition coefficient (Wildman–Crippen LogP) is 7.74. The Morgan fingerprint density at radius 2 is 1.15 bits per heavy atom. The van der Waals surface area contributed by atoms with Crippen molar-refractivity contribution in [2.75, 3.05) is 0 Å². The number of pyridine rings is 1. The Bertz CT molecular complexity index is 2330. The minimum atomic E-state index is 0.647. The Hall–Kier alpha value is -5.62. The number of aromatic nitrogens is 5. The van der Waals surface area contributed by atoms with Crippen LogP contribution in [0.1, 0.15) is 11.4 Å². The van der Waals surface area contributed by atoms with Gasteiger partial charge in [0.15, 0.2) is 5.82 Å². The summed E-state index contributed by atoms with van der Waals surface area (Å²) in [5, 5.41) is 4.89. The van der Waals surface area contributed by atoms with Crippen LogP contribution in [-0.2, 0) is 6.42 Å². The summed E-state index contributed by atoms with van der Waals surface area (Å²) in [6, 6.07) is 36.8. The van der Waals surface area contributed by atoms with Gasteiger partial charge in [-0.15, -0.1) is 0 Å². The maximum absolute atomic E-state index is 4.86. The first-order chi connectivity index (χ1) is 20.3. The molecule has 0 atom stereocenters. The van der Waals surface area contributed by atoms with Crippen molar-refractivity contribution in [1.29, 1.82) is 0 Å². The highest BCUT2D eigenvalue weighted by molar-refractivity contribution is 6.19. The maximum Gasteiger partial charge on any atom is 0.174 e. The van der Waals surface area contributed by atoms with Crippen molar-refractivity contribution in [3.05, 3.63) is 133 Å². The molecule has 6 heteroatoms. The van der Waals surface area contributed by atoms with Crippen LogP contribution in [0.25, 0.3) is 55.0 Å². The molecule has 0 amide bonds. The Morgan fingerprint density at radius 1 is 0.512 bits per heavy atom. The van der Waals surface area contributed by atoms with E-state index in [-0.39, 0.29) is 0 Å². The van der Waals surface area contributed by atoms with Crippen LogP contribution in [0.3, 0.4) is 0 Å². The van der Waals surface area contributed by atoms with E-state index in [0.717, 1.165) is 39.5 Å². The van der Waals surface area contributed by atoms with Crippen molar-refractivity contribution in [3.8, 4) is 11.4 Å². The molecule has 6 nitrogen and oxygen atoms in total. The number of rotatable bonds is 3. The van der Waals surface area contributed by atoms with Gasteiger partial charge in [0.2, 0.25) is 0 Å². The van der Waals surface area contributed by atoms with E-state index in [1.165, 1.54) is 32.6 Å². The zero-order valence-electron chi connectivity index (χ0n) is 21.9. The van der Waals surface area contributed by atoms with E-state index < -0.39 is 0 Å². The quantitative estimate of drug-likeness (QED) is 0.237. The summed E-state index contributed by atoms with van der Waals surface area (Å²) in [6.07, 6.45) is 5.99. The minimum absolute atomic E-state index is 0.647. The van der Waals surface area contributed by atoms with E-state index >= 15 is 0 Å². The van der Waals surface area contributed by atoms with E-state index in [0.29, 0.717) is 12.2 Å². The molecule has 9 rings (SSSR count). The van der Waals surface area contributed by atoms with Crippen LogP contribution in [0.2, 0.25) is 0 Å². The fourth-order valence-electron chi connectivity index (χ4n) is 6.30. The number of benzene rings is 4. The van der Waals surface area contributed by atoms with Crippen LogP contribution in [0.4, 0.5) is 5.82 Å². The lowest BCUT2D eigenvalue weighted by molar-refractivity contribution is 1.10. The van der Waals surface area contributed by atoms with Crippen LogP contribution in [-0.4, -0.2) is 29.8 Å². The van der Waals surface area contributed by atoms with Crippen LogP contribution in [0.5, 0.6) is 0 Å². The van der Waals surface area contributed by atoms with Gasteiger partial charge >= 0.3 is 0 Å². The van der Waals surface area contributed by atoms with Crippen molar-refractivity contribution in [1.82, 2.24) is 24.1 Å². The maximum atomic E-state index is 4.86. The molecule has 4 aromatic carbocycles. The van der Waals surface area contributed by atoms with Gasteiger partial charge < -0.3 is 9.13 Å². The number of aliphatic imine (C=N–C) groups is 1. The number of hydrogen-bond donors (Lipinski definition) is 0. The van der Waals surface area contributed by atoms with Gasteiger partial charge in [-0.25, -0.2) is 9.98 Å². The van der Waals surface area contributed by atoms with Gasteiger partial charge in [0.05, 0.1) is 51.1 Å². The molecule has 0 radical (unpaired) electrons. The zero-order valence-corrected chi connectivity index (χ0v) is 21.9. The molecule has 0 aliphatic carbocycles. The highest BCUT2D eigenvalue weighted by Crippen LogP contribution is 2.39. The second kappa shape index (κ2) is 8.44. The van der Waals surface area contributed by atoms with E-state index in [4.69, 9.17) is 4.98 Å². The van der Waals surface area contributed by atoms with E-state index in [9.17, 15) is 0 Å². The smallest absolute Gasteiger partial charge is 0.174 e. The monoisotopic (exact) mass is 526 g/mol. The Kier molecular flexibility index (Phi) is 4.57. The van der Waals surface area contributed by atoms with Gasteiger partial charge in [-0.1, -0.05) is 54.6 Å². The molecule has 192 valence electrons. The molecular weight excluding hydrogens is 504 g/mol. The average Bonchev–Trinajstić information content (AvgIpc) is 3.71. The second-order valence-corrected chi connectivity index (χ2v) is 10.4. The predicted molar refractivity (Wildman–Crippen MR) is 165 cm³/mol. The summed E-state index contributed by atoms with van der Waals surface area (Å²) in [5.41, 5.74) is 9.52. The van der Waals surface area contributed by atoms with Crippen LogP contribution in [0, 0.1) is 0 Å². The Labute approximate surface area is 234 Å². The lowest BCUT2D eigenvalue weighted by Gasteiger charge is -2.09. The third-order valence-corrected chi connectivity index (χ3v) is 8.11. The van der Waals surface area contributed by atoms with Crippen molar-refractivity contribution < 1.29 is 0 Å². The lowest BCUT2D eigenvalue weighted by atomic mass is 10.1. The van der Waals surface area contributed by atoms with Crippen molar-refractivity contribution in [2.45, 2.75) is 6.42 Å². The highest BCUT2D eigenvalue weighted by atomic mass is 15.0. The molecule has 0 saturated heterocycles. The van der Waals surface area contributed by atoms with Gasteiger partial charge in [-0.05, 0) is 48.5 Å². The van der Waals surface area contributed by atoms with Crippen LogP contribution in [0.15, 0.2) is 127 Å². The third kappa shape index (κ3) is 3.25. The van der Waals surface area contributed by atoms with Gasteiger partial charge in [0.25, 0.3) is 0 Å². The molecule has 0 saturated carbocycles.